The number of pyridine rings is 1. The zero-order valence-corrected chi connectivity index (χ0v) is 8.11. The molecule has 1 N–H and O–H groups in total. The minimum absolute atomic E-state index is 0.156. The van der Waals surface area contributed by atoms with Gasteiger partial charge in [0.05, 0.1) is 0 Å². The Hall–Kier alpha value is -1.91. The van der Waals surface area contributed by atoms with E-state index in [1.165, 1.54) is 6.20 Å². The van der Waals surface area contributed by atoms with Crippen molar-refractivity contribution < 1.29 is 19.0 Å². The van der Waals surface area contributed by atoms with Gasteiger partial charge in [0.25, 0.3) is 5.88 Å². The van der Waals surface area contributed by atoms with Gasteiger partial charge >= 0.3 is 5.97 Å². The van der Waals surface area contributed by atoms with Crippen molar-refractivity contribution in [2.75, 3.05) is 6.61 Å². The topological polar surface area (TPSA) is 59.4 Å². The van der Waals surface area contributed by atoms with Gasteiger partial charge in [-0.15, -0.1) is 0 Å². The minimum atomic E-state index is -1.34. The minimum Gasteiger partial charge on any atom is -0.478 e. The predicted octanol–water partition coefficient (Wildman–Crippen LogP) is 1.87. The Bertz CT molecular complexity index is 390. The maximum absolute atomic E-state index is 13.4. The molecule has 4 nitrogen and oxygen atoms in total. The first-order valence-corrected chi connectivity index (χ1v) is 4.28. The zero-order chi connectivity index (χ0) is 11.3. The van der Waals surface area contributed by atoms with Crippen molar-refractivity contribution in [2.24, 2.45) is 0 Å². The van der Waals surface area contributed by atoms with Crippen molar-refractivity contribution in [1.82, 2.24) is 4.98 Å². The van der Waals surface area contributed by atoms with E-state index in [0.29, 0.717) is 0 Å². The molecule has 15 heavy (non-hydrogen) atoms. The highest BCUT2D eigenvalue weighted by atomic mass is 19.1. The molecule has 0 aliphatic rings. The van der Waals surface area contributed by atoms with Crippen LogP contribution in [0.25, 0.3) is 0 Å². The van der Waals surface area contributed by atoms with Crippen LogP contribution in [0.2, 0.25) is 0 Å². The molecule has 0 aliphatic heterocycles. The molecule has 0 radical (unpaired) electrons. The fourth-order valence-electron chi connectivity index (χ4n) is 0.914. The number of allylic oxidation sites excluding steroid dienone is 1. The summed E-state index contributed by atoms with van der Waals surface area (Å²) in [5.41, 5.74) is -0.444. The number of nitrogens with zero attached hydrogens (tertiary/aromatic N) is 1. The Labute approximate surface area is 86.0 Å². The number of aromatic carboxylic acids is 1. The molecule has 1 aromatic rings. The standard InChI is InChI=1S/C10H10FNO3/c1-2-3-6-15-9-8(11)7(10(13)14)4-5-12-9/h2-5H,6H2,1H3,(H,13,14)/b3-2+. The van der Waals surface area contributed by atoms with E-state index in [4.69, 9.17) is 9.84 Å². The van der Waals surface area contributed by atoms with E-state index >= 15 is 0 Å². The molecule has 80 valence electrons. The molecule has 5 heteroatoms. The number of carboxylic acid groups (broad SMARTS) is 1. The lowest BCUT2D eigenvalue weighted by molar-refractivity contribution is 0.0690. The number of hydrogen-bond acceptors (Lipinski definition) is 3. The molecule has 1 rings (SSSR count). The fourth-order valence-corrected chi connectivity index (χ4v) is 0.914. The molecule has 0 saturated carbocycles. The van der Waals surface area contributed by atoms with Crippen molar-refractivity contribution in [1.29, 1.82) is 0 Å². The molecule has 0 fully saturated rings. The van der Waals surface area contributed by atoms with E-state index in [1.807, 2.05) is 0 Å². The van der Waals surface area contributed by atoms with Gasteiger partial charge in [0.15, 0.2) is 5.82 Å². The molecule has 0 atom stereocenters. The third-order valence-electron chi connectivity index (χ3n) is 1.64. The summed E-state index contributed by atoms with van der Waals surface area (Å²) in [6, 6.07) is 1.08. The number of ether oxygens (including phenoxy) is 1. The number of rotatable bonds is 4. The van der Waals surface area contributed by atoms with Gasteiger partial charge in [-0.05, 0) is 13.0 Å². The summed E-state index contributed by atoms with van der Waals surface area (Å²) in [5.74, 6) is -2.59. The second-order valence-electron chi connectivity index (χ2n) is 2.66. The van der Waals surface area contributed by atoms with Crippen LogP contribution in [0.1, 0.15) is 17.3 Å². The second kappa shape index (κ2) is 5.09. The number of aromatic nitrogens is 1. The quantitative estimate of drug-likeness (QED) is 0.772. The normalized spacial score (nSPS) is 10.5. The van der Waals surface area contributed by atoms with E-state index in [9.17, 15) is 9.18 Å². The molecule has 0 spiro atoms. The van der Waals surface area contributed by atoms with Crippen LogP contribution >= 0.6 is 0 Å². The lowest BCUT2D eigenvalue weighted by atomic mass is 10.2. The van der Waals surface area contributed by atoms with E-state index in [1.54, 1.807) is 19.1 Å². The van der Waals surface area contributed by atoms with Crippen LogP contribution in [0.3, 0.4) is 0 Å². The van der Waals surface area contributed by atoms with Crippen LogP contribution < -0.4 is 4.74 Å². The fraction of sp³-hybridized carbons (Fsp3) is 0.200. The number of carboxylic acids is 1. The molecule has 0 aromatic carbocycles. The van der Waals surface area contributed by atoms with Crippen molar-refractivity contribution in [2.45, 2.75) is 6.92 Å². The molecular formula is C10H10FNO3. The van der Waals surface area contributed by atoms with E-state index in [0.717, 1.165) is 6.07 Å². The molecule has 1 aromatic heterocycles. The summed E-state index contributed by atoms with van der Waals surface area (Å²) in [5, 5.41) is 8.62. The van der Waals surface area contributed by atoms with Crippen LogP contribution in [0.5, 0.6) is 5.88 Å². The van der Waals surface area contributed by atoms with E-state index in [2.05, 4.69) is 4.98 Å². The Morgan fingerprint density at radius 2 is 2.47 bits per heavy atom. The highest BCUT2D eigenvalue weighted by molar-refractivity contribution is 5.88. The SMILES string of the molecule is C/C=C/COc1nccc(C(=O)O)c1F. The third kappa shape index (κ3) is 2.77. The molecule has 0 amide bonds. The lowest BCUT2D eigenvalue weighted by Gasteiger charge is -2.04. The van der Waals surface area contributed by atoms with Crippen LogP contribution in [0.4, 0.5) is 4.39 Å². The smallest absolute Gasteiger partial charge is 0.338 e. The van der Waals surface area contributed by atoms with Crippen LogP contribution in [0.15, 0.2) is 24.4 Å². The Morgan fingerprint density at radius 1 is 1.73 bits per heavy atom. The lowest BCUT2D eigenvalue weighted by Crippen LogP contribution is -2.05. The monoisotopic (exact) mass is 211 g/mol. The summed E-state index contributed by atoms with van der Waals surface area (Å²) >= 11 is 0. The van der Waals surface area contributed by atoms with Gasteiger partial charge in [0.2, 0.25) is 0 Å². The predicted molar refractivity (Wildman–Crippen MR) is 51.5 cm³/mol. The zero-order valence-electron chi connectivity index (χ0n) is 8.11. The summed E-state index contributed by atoms with van der Waals surface area (Å²) in [6.45, 7) is 1.95. The van der Waals surface area contributed by atoms with Crippen molar-refractivity contribution >= 4 is 5.97 Å². The first-order valence-electron chi connectivity index (χ1n) is 4.28. The highest BCUT2D eigenvalue weighted by Crippen LogP contribution is 2.17. The first kappa shape index (κ1) is 11.2. The number of carbonyl (C=O) groups is 1. The van der Waals surface area contributed by atoms with Crippen molar-refractivity contribution in [3.05, 3.63) is 35.8 Å². The summed E-state index contributed by atoms with van der Waals surface area (Å²) < 4.78 is 18.3. The van der Waals surface area contributed by atoms with Crippen molar-refractivity contribution in [3.8, 4) is 5.88 Å². The average molecular weight is 211 g/mol. The molecule has 1 heterocycles. The van der Waals surface area contributed by atoms with E-state index < -0.39 is 17.3 Å². The molecule has 0 bridgehead atoms. The van der Waals surface area contributed by atoms with Gasteiger partial charge in [-0.2, -0.15) is 0 Å². The molecule has 0 saturated heterocycles. The Balaban J connectivity index is 2.89. The number of hydrogen-bond donors (Lipinski definition) is 1. The molecule has 0 unspecified atom stereocenters. The van der Waals surface area contributed by atoms with Crippen LogP contribution in [-0.4, -0.2) is 22.7 Å². The van der Waals surface area contributed by atoms with Crippen LogP contribution in [-0.2, 0) is 0 Å². The number of halogens is 1. The Kier molecular flexibility index (Phi) is 3.79. The molecule has 0 aliphatic carbocycles. The van der Waals surface area contributed by atoms with Crippen LogP contribution in [0, 0.1) is 5.82 Å². The van der Waals surface area contributed by atoms with Gasteiger partial charge < -0.3 is 9.84 Å². The molecular weight excluding hydrogens is 201 g/mol. The summed E-state index contributed by atoms with van der Waals surface area (Å²) in [6.07, 6.45) is 4.59. The summed E-state index contributed by atoms with van der Waals surface area (Å²) in [4.78, 5) is 14.2. The average Bonchev–Trinajstić information content (AvgIpc) is 2.20. The maximum atomic E-state index is 13.4. The van der Waals surface area contributed by atoms with Gasteiger partial charge in [-0.1, -0.05) is 12.2 Å². The van der Waals surface area contributed by atoms with Gasteiger partial charge in [-0.3, -0.25) is 0 Å². The van der Waals surface area contributed by atoms with Gasteiger partial charge in [0, 0.05) is 6.20 Å². The van der Waals surface area contributed by atoms with E-state index in [-0.39, 0.29) is 12.5 Å². The highest BCUT2D eigenvalue weighted by Gasteiger charge is 2.15. The van der Waals surface area contributed by atoms with Gasteiger partial charge in [0.1, 0.15) is 12.2 Å². The maximum Gasteiger partial charge on any atom is 0.338 e. The first-order chi connectivity index (χ1) is 7.16. The third-order valence-corrected chi connectivity index (χ3v) is 1.64. The van der Waals surface area contributed by atoms with Gasteiger partial charge in [-0.25, -0.2) is 14.2 Å². The largest absolute Gasteiger partial charge is 0.478 e. The second-order valence-corrected chi connectivity index (χ2v) is 2.66. The Morgan fingerprint density at radius 3 is 3.07 bits per heavy atom. The van der Waals surface area contributed by atoms with Crippen molar-refractivity contribution in [3.63, 3.8) is 0 Å². The summed E-state index contributed by atoms with van der Waals surface area (Å²) in [7, 11) is 0.